The van der Waals surface area contributed by atoms with Gasteiger partial charge in [-0.1, -0.05) is 34.1 Å². The van der Waals surface area contributed by atoms with E-state index in [-0.39, 0.29) is 5.56 Å². The minimum Gasteiger partial charge on any atom is -0.478 e. The number of nitrogens with zero attached hydrogens (tertiary/aromatic N) is 2. The van der Waals surface area contributed by atoms with Crippen molar-refractivity contribution in [3.8, 4) is 22.9 Å². The number of alkyl halides is 1. The van der Waals surface area contributed by atoms with E-state index in [2.05, 4.69) is 26.1 Å². The van der Waals surface area contributed by atoms with Crippen LogP contribution in [0.1, 0.15) is 15.9 Å². The van der Waals surface area contributed by atoms with Crippen molar-refractivity contribution in [3.63, 3.8) is 0 Å². The third kappa shape index (κ3) is 2.92. The highest BCUT2D eigenvalue weighted by Crippen LogP contribution is 2.25. The lowest BCUT2D eigenvalue weighted by molar-refractivity contribution is 0.0697. The first-order chi connectivity index (χ1) is 10.7. The van der Waals surface area contributed by atoms with Crippen LogP contribution in [0.25, 0.3) is 22.9 Å². The summed E-state index contributed by atoms with van der Waals surface area (Å²) >= 11 is 3.39. The predicted molar refractivity (Wildman–Crippen MR) is 84.8 cm³/mol. The molecular formula is C16H11BrN2O3. The fourth-order valence-electron chi connectivity index (χ4n) is 1.98. The van der Waals surface area contributed by atoms with Gasteiger partial charge in [0.1, 0.15) is 0 Å². The zero-order chi connectivity index (χ0) is 15.5. The van der Waals surface area contributed by atoms with Crippen molar-refractivity contribution in [2.24, 2.45) is 0 Å². The molecule has 0 radical (unpaired) electrons. The summed E-state index contributed by atoms with van der Waals surface area (Å²) < 4.78 is 5.64. The van der Waals surface area contributed by atoms with E-state index in [1.54, 1.807) is 12.1 Å². The molecular weight excluding hydrogens is 348 g/mol. The Morgan fingerprint density at radius 1 is 1.05 bits per heavy atom. The molecule has 0 saturated heterocycles. The van der Waals surface area contributed by atoms with Crippen LogP contribution >= 0.6 is 15.9 Å². The van der Waals surface area contributed by atoms with E-state index < -0.39 is 5.97 Å². The molecule has 0 spiro atoms. The summed E-state index contributed by atoms with van der Waals surface area (Å²) in [7, 11) is 0. The number of halogens is 1. The van der Waals surface area contributed by atoms with Crippen molar-refractivity contribution >= 4 is 21.9 Å². The van der Waals surface area contributed by atoms with Crippen molar-refractivity contribution < 1.29 is 14.3 Å². The number of benzene rings is 2. The van der Waals surface area contributed by atoms with Crippen LogP contribution in [0.2, 0.25) is 0 Å². The first kappa shape index (κ1) is 14.5. The highest BCUT2D eigenvalue weighted by Gasteiger charge is 2.12. The minimum atomic E-state index is -0.994. The first-order valence-corrected chi connectivity index (χ1v) is 7.62. The molecule has 0 aliphatic rings. The van der Waals surface area contributed by atoms with Crippen LogP contribution in [0.5, 0.6) is 0 Å². The molecule has 0 aliphatic carbocycles. The number of carboxylic acid groups (broad SMARTS) is 1. The van der Waals surface area contributed by atoms with Crippen LogP contribution in [0.3, 0.4) is 0 Å². The fraction of sp³-hybridized carbons (Fsp3) is 0.0625. The van der Waals surface area contributed by atoms with Crippen molar-refractivity contribution in [1.82, 2.24) is 10.2 Å². The van der Waals surface area contributed by atoms with E-state index >= 15 is 0 Å². The van der Waals surface area contributed by atoms with Crippen LogP contribution < -0.4 is 0 Å². The van der Waals surface area contributed by atoms with E-state index in [1.807, 2.05) is 24.3 Å². The largest absolute Gasteiger partial charge is 0.478 e. The van der Waals surface area contributed by atoms with Gasteiger partial charge in [0.15, 0.2) is 0 Å². The SMILES string of the molecule is O=C(O)c1cccc(-c2nnc(-c3ccc(CBr)cc3)o2)c1. The average molecular weight is 359 g/mol. The Morgan fingerprint density at radius 3 is 2.36 bits per heavy atom. The molecule has 0 unspecified atom stereocenters. The molecule has 3 rings (SSSR count). The van der Waals surface area contributed by atoms with Crippen molar-refractivity contribution in [1.29, 1.82) is 0 Å². The van der Waals surface area contributed by atoms with Gasteiger partial charge in [-0.15, -0.1) is 10.2 Å². The molecule has 1 N–H and O–H groups in total. The summed E-state index contributed by atoms with van der Waals surface area (Å²) in [6.45, 7) is 0. The Bertz CT molecular complexity index is 812. The third-order valence-electron chi connectivity index (χ3n) is 3.14. The van der Waals surface area contributed by atoms with Gasteiger partial charge < -0.3 is 9.52 Å². The number of hydrogen-bond acceptors (Lipinski definition) is 4. The van der Waals surface area contributed by atoms with Gasteiger partial charge in [0.25, 0.3) is 0 Å². The van der Waals surface area contributed by atoms with Crippen LogP contribution in [-0.4, -0.2) is 21.3 Å². The summed E-state index contributed by atoms with van der Waals surface area (Å²) in [6, 6.07) is 14.2. The molecule has 0 fully saturated rings. The first-order valence-electron chi connectivity index (χ1n) is 6.50. The number of carbonyl (C=O) groups is 1. The van der Waals surface area contributed by atoms with Crippen LogP contribution in [0.4, 0.5) is 0 Å². The molecule has 6 heteroatoms. The normalized spacial score (nSPS) is 10.6. The van der Waals surface area contributed by atoms with Gasteiger partial charge >= 0.3 is 5.97 Å². The lowest BCUT2D eigenvalue weighted by Crippen LogP contribution is -1.95. The Labute approximate surface area is 134 Å². The minimum absolute atomic E-state index is 0.180. The van der Waals surface area contributed by atoms with Crippen molar-refractivity contribution in [3.05, 3.63) is 59.7 Å². The summed E-state index contributed by atoms with van der Waals surface area (Å²) in [5.41, 5.74) is 2.73. The second-order valence-corrected chi connectivity index (χ2v) is 5.19. The van der Waals surface area contributed by atoms with Crippen LogP contribution in [0, 0.1) is 0 Å². The van der Waals surface area contributed by atoms with Gasteiger partial charge in [0, 0.05) is 16.5 Å². The van der Waals surface area contributed by atoms with E-state index in [4.69, 9.17) is 9.52 Å². The smallest absolute Gasteiger partial charge is 0.335 e. The van der Waals surface area contributed by atoms with Gasteiger partial charge in [0.05, 0.1) is 5.56 Å². The molecule has 3 aromatic rings. The summed E-state index contributed by atoms with van der Waals surface area (Å²) in [5.74, 6) is -0.300. The molecule has 5 nitrogen and oxygen atoms in total. The van der Waals surface area contributed by atoms with Crippen molar-refractivity contribution in [2.75, 3.05) is 0 Å². The second-order valence-electron chi connectivity index (χ2n) is 4.63. The van der Waals surface area contributed by atoms with Gasteiger partial charge in [0.2, 0.25) is 11.8 Å². The molecule has 22 heavy (non-hydrogen) atoms. The molecule has 0 bridgehead atoms. The molecule has 110 valence electrons. The molecule has 0 aliphatic heterocycles. The molecule has 0 saturated carbocycles. The number of rotatable bonds is 4. The van der Waals surface area contributed by atoms with Gasteiger partial charge in [-0.3, -0.25) is 0 Å². The van der Waals surface area contributed by atoms with E-state index in [0.29, 0.717) is 17.3 Å². The maximum Gasteiger partial charge on any atom is 0.335 e. The standard InChI is InChI=1S/C16H11BrN2O3/c17-9-10-4-6-11(7-5-10)14-18-19-15(22-14)12-2-1-3-13(8-12)16(20)21/h1-8H,9H2,(H,20,21). The van der Waals surface area contributed by atoms with Crippen molar-refractivity contribution in [2.45, 2.75) is 5.33 Å². The number of carboxylic acids is 1. The average Bonchev–Trinajstić information content (AvgIpc) is 3.05. The van der Waals surface area contributed by atoms with Crippen LogP contribution in [0.15, 0.2) is 52.9 Å². The van der Waals surface area contributed by atoms with E-state index in [9.17, 15) is 4.79 Å². The van der Waals surface area contributed by atoms with Crippen LogP contribution in [-0.2, 0) is 5.33 Å². The summed E-state index contributed by atoms with van der Waals surface area (Å²) in [5, 5.41) is 17.8. The highest BCUT2D eigenvalue weighted by molar-refractivity contribution is 9.08. The topological polar surface area (TPSA) is 76.2 Å². The van der Waals surface area contributed by atoms with Gasteiger partial charge in [-0.25, -0.2) is 4.79 Å². The lowest BCUT2D eigenvalue weighted by atomic mass is 10.1. The summed E-state index contributed by atoms with van der Waals surface area (Å²) in [6.07, 6.45) is 0. The molecule has 0 atom stereocenters. The van der Waals surface area contributed by atoms with E-state index in [0.717, 1.165) is 16.5 Å². The number of aromatic carboxylic acids is 1. The van der Waals surface area contributed by atoms with Gasteiger partial charge in [-0.2, -0.15) is 0 Å². The molecule has 2 aromatic carbocycles. The second kappa shape index (κ2) is 6.11. The number of hydrogen-bond donors (Lipinski definition) is 1. The maximum absolute atomic E-state index is 11.0. The number of aromatic nitrogens is 2. The zero-order valence-corrected chi connectivity index (χ0v) is 12.9. The quantitative estimate of drug-likeness (QED) is 0.713. The Hall–Kier alpha value is -2.47. The zero-order valence-electron chi connectivity index (χ0n) is 11.4. The molecule has 1 aromatic heterocycles. The van der Waals surface area contributed by atoms with Gasteiger partial charge in [-0.05, 0) is 35.9 Å². The molecule has 0 amide bonds. The maximum atomic E-state index is 11.0. The highest BCUT2D eigenvalue weighted by atomic mass is 79.9. The Balaban J connectivity index is 1.93. The Kier molecular flexibility index (Phi) is 4.02. The monoisotopic (exact) mass is 358 g/mol. The molecule has 1 heterocycles. The summed E-state index contributed by atoms with van der Waals surface area (Å²) in [4.78, 5) is 11.0. The lowest BCUT2D eigenvalue weighted by Gasteiger charge is -1.98. The third-order valence-corrected chi connectivity index (χ3v) is 3.78. The van der Waals surface area contributed by atoms with E-state index in [1.165, 1.54) is 12.1 Å². The Morgan fingerprint density at radius 2 is 1.73 bits per heavy atom. The fourth-order valence-corrected chi connectivity index (χ4v) is 2.35. The predicted octanol–water partition coefficient (Wildman–Crippen LogP) is 4.00.